The molecule has 1 unspecified atom stereocenters. The van der Waals surface area contributed by atoms with Crippen molar-refractivity contribution in [2.45, 2.75) is 50.0 Å². The van der Waals surface area contributed by atoms with Crippen molar-refractivity contribution in [1.82, 2.24) is 4.90 Å². The molecule has 1 aliphatic rings. The largest absolute Gasteiger partial charge is 0.612 e. The molecule has 4 nitrogen and oxygen atoms in total. The Morgan fingerprint density at radius 2 is 1.77 bits per heavy atom. The van der Waals surface area contributed by atoms with E-state index in [1.54, 1.807) is 11.2 Å². The summed E-state index contributed by atoms with van der Waals surface area (Å²) in [6.07, 6.45) is 3.35. The number of likely N-dealkylation sites (tertiary alicyclic amines) is 1. The van der Waals surface area contributed by atoms with Gasteiger partial charge in [-0.1, -0.05) is 12.1 Å². The van der Waals surface area contributed by atoms with Crippen LogP contribution in [0, 0.1) is 0 Å². The standard InChI is InChI=1S/C17H25NO3S/c1-17(2,3)21-16(19)18-11-9-14(10-12-18)13-5-7-15(8-6-13)22(4)20/h5-8,14H,9-12H2,1-4H3. The molecule has 1 aliphatic heterocycles. The highest BCUT2D eigenvalue weighted by Gasteiger charge is 2.27. The molecule has 1 amide bonds. The second-order valence-corrected chi connectivity index (χ2v) is 8.14. The second-order valence-electron chi connectivity index (χ2n) is 6.76. The Kier molecular flexibility index (Phi) is 5.40. The molecule has 0 N–H and O–H groups in total. The van der Waals surface area contributed by atoms with E-state index in [-0.39, 0.29) is 6.09 Å². The van der Waals surface area contributed by atoms with Crippen molar-refractivity contribution in [3.8, 4) is 0 Å². The van der Waals surface area contributed by atoms with Crippen molar-refractivity contribution < 1.29 is 14.1 Å². The monoisotopic (exact) mass is 323 g/mol. The third-order valence-corrected chi connectivity index (χ3v) is 4.77. The zero-order valence-electron chi connectivity index (χ0n) is 13.8. The van der Waals surface area contributed by atoms with Gasteiger partial charge in [-0.15, -0.1) is 0 Å². The molecule has 0 spiro atoms. The molecule has 5 heteroatoms. The summed E-state index contributed by atoms with van der Waals surface area (Å²) in [4.78, 5) is 14.7. The lowest BCUT2D eigenvalue weighted by atomic mass is 9.90. The summed E-state index contributed by atoms with van der Waals surface area (Å²) in [5, 5.41) is 0. The van der Waals surface area contributed by atoms with Crippen LogP contribution in [0.1, 0.15) is 45.1 Å². The minimum absolute atomic E-state index is 0.220. The zero-order valence-corrected chi connectivity index (χ0v) is 14.6. The van der Waals surface area contributed by atoms with Crippen LogP contribution in [0.3, 0.4) is 0 Å². The lowest BCUT2D eigenvalue weighted by molar-refractivity contribution is 0.0205. The quantitative estimate of drug-likeness (QED) is 0.782. The summed E-state index contributed by atoms with van der Waals surface area (Å²) in [6, 6.07) is 7.99. The molecular weight excluding hydrogens is 298 g/mol. The van der Waals surface area contributed by atoms with Gasteiger partial charge in [0.1, 0.15) is 11.9 Å². The molecule has 2 rings (SSSR count). The van der Waals surface area contributed by atoms with E-state index in [1.807, 2.05) is 32.9 Å². The Hall–Kier alpha value is -1.20. The van der Waals surface area contributed by atoms with Gasteiger partial charge in [-0.2, -0.15) is 0 Å². The molecular formula is C17H25NO3S. The highest BCUT2D eigenvalue weighted by molar-refractivity contribution is 7.90. The van der Waals surface area contributed by atoms with Gasteiger partial charge < -0.3 is 14.2 Å². The first-order valence-electron chi connectivity index (χ1n) is 7.67. The van der Waals surface area contributed by atoms with Crippen LogP contribution >= 0.6 is 0 Å². The van der Waals surface area contributed by atoms with Crippen LogP contribution in [0.5, 0.6) is 0 Å². The fourth-order valence-electron chi connectivity index (χ4n) is 2.65. The third-order valence-electron chi connectivity index (χ3n) is 3.83. The van der Waals surface area contributed by atoms with E-state index in [0.29, 0.717) is 5.92 Å². The third kappa shape index (κ3) is 4.65. The normalized spacial score (nSPS) is 18.1. The van der Waals surface area contributed by atoms with E-state index in [9.17, 15) is 9.35 Å². The van der Waals surface area contributed by atoms with Gasteiger partial charge in [0.2, 0.25) is 0 Å². The fourth-order valence-corrected chi connectivity index (χ4v) is 3.17. The minimum atomic E-state index is -0.933. The molecule has 0 radical (unpaired) electrons. The van der Waals surface area contributed by atoms with Gasteiger partial charge in [0.05, 0.1) is 0 Å². The number of benzene rings is 1. The van der Waals surface area contributed by atoms with Gasteiger partial charge in [-0.25, -0.2) is 4.79 Å². The lowest BCUT2D eigenvalue weighted by Gasteiger charge is -2.33. The van der Waals surface area contributed by atoms with Crippen LogP contribution in [0.4, 0.5) is 4.79 Å². The smallest absolute Gasteiger partial charge is 0.410 e. The van der Waals surface area contributed by atoms with Gasteiger partial charge in [0.15, 0.2) is 4.90 Å². The van der Waals surface area contributed by atoms with Crippen molar-refractivity contribution >= 4 is 17.3 Å². The first-order chi connectivity index (χ1) is 10.3. The van der Waals surface area contributed by atoms with Gasteiger partial charge in [0.25, 0.3) is 0 Å². The molecule has 22 heavy (non-hydrogen) atoms. The Morgan fingerprint density at radius 1 is 1.23 bits per heavy atom. The Bertz CT molecular complexity index is 500. The maximum atomic E-state index is 12.0. The molecule has 122 valence electrons. The van der Waals surface area contributed by atoms with E-state index >= 15 is 0 Å². The average molecular weight is 323 g/mol. The van der Waals surface area contributed by atoms with Crippen molar-refractivity contribution in [2.24, 2.45) is 0 Å². The van der Waals surface area contributed by atoms with Gasteiger partial charge in [-0.05, 0) is 68.4 Å². The number of rotatable bonds is 2. The first-order valence-corrected chi connectivity index (χ1v) is 9.23. The van der Waals surface area contributed by atoms with Crippen LogP contribution in [-0.4, -0.2) is 40.5 Å². The number of nitrogens with zero attached hydrogens (tertiary/aromatic N) is 1. The van der Waals surface area contributed by atoms with Crippen LogP contribution < -0.4 is 0 Å². The van der Waals surface area contributed by atoms with E-state index in [1.165, 1.54) is 5.56 Å². The summed E-state index contributed by atoms with van der Waals surface area (Å²) in [7, 11) is 0. The zero-order chi connectivity index (χ0) is 16.3. The molecule has 1 fully saturated rings. The summed E-state index contributed by atoms with van der Waals surface area (Å²) in [5.41, 5.74) is 0.817. The SMILES string of the molecule is C[S+]([O-])c1ccc(C2CCN(C(=O)OC(C)(C)C)CC2)cc1. The molecule has 0 aliphatic carbocycles. The predicted molar refractivity (Wildman–Crippen MR) is 88.6 cm³/mol. The van der Waals surface area contributed by atoms with Gasteiger partial charge in [0, 0.05) is 13.1 Å². The maximum absolute atomic E-state index is 12.0. The molecule has 1 aromatic rings. The van der Waals surface area contributed by atoms with Crippen LogP contribution in [0.25, 0.3) is 0 Å². The van der Waals surface area contributed by atoms with Crippen LogP contribution in [0.2, 0.25) is 0 Å². The number of ether oxygens (including phenoxy) is 1. The molecule has 1 aromatic carbocycles. The maximum Gasteiger partial charge on any atom is 0.410 e. The second kappa shape index (κ2) is 6.92. The van der Waals surface area contributed by atoms with Crippen molar-refractivity contribution in [1.29, 1.82) is 0 Å². The van der Waals surface area contributed by atoms with Crippen molar-refractivity contribution in [3.05, 3.63) is 29.8 Å². The summed E-state index contributed by atoms with van der Waals surface area (Å²) >= 11 is -0.933. The van der Waals surface area contributed by atoms with Gasteiger partial charge in [-0.3, -0.25) is 0 Å². The minimum Gasteiger partial charge on any atom is -0.612 e. The van der Waals surface area contributed by atoms with Crippen LogP contribution in [-0.2, 0) is 15.9 Å². The van der Waals surface area contributed by atoms with E-state index in [2.05, 4.69) is 12.1 Å². The van der Waals surface area contributed by atoms with Crippen LogP contribution in [0.15, 0.2) is 29.2 Å². The molecule has 0 bridgehead atoms. The van der Waals surface area contributed by atoms with Crippen molar-refractivity contribution in [2.75, 3.05) is 19.3 Å². The lowest BCUT2D eigenvalue weighted by Crippen LogP contribution is -2.41. The van der Waals surface area contributed by atoms with E-state index in [0.717, 1.165) is 30.8 Å². The molecule has 1 atom stereocenters. The van der Waals surface area contributed by atoms with Crippen molar-refractivity contribution in [3.63, 3.8) is 0 Å². The number of carbonyl (C=O) groups is 1. The molecule has 1 saturated heterocycles. The highest BCUT2D eigenvalue weighted by atomic mass is 32.2. The number of hydrogen-bond donors (Lipinski definition) is 0. The fraction of sp³-hybridized carbons (Fsp3) is 0.588. The number of amides is 1. The summed E-state index contributed by atoms with van der Waals surface area (Å²) in [6.45, 7) is 7.10. The Balaban J connectivity index is 1.90. The first kappa shape index (κ1) is 17.2. The highest BCUT2D eigenvalue weighted by Crippen LogP contribution is 2.29. The number of carbonyl (C=O) groups excluding carboxylic acids is 1. The molecule has 0 aromatic heterocycles. The molecule has 0 saturated carbocycles. The Labute approximate surface area is 136 Å². The average Bonchev–Trinajstić information content (AvgIpc) is 2.46. The van der Waals surface area contributed by atoms with Gasteiger partial charge >= 0.3 is 6.09 Å². The number of piperidine rings is 1. The molecule has 1 heterocycles. The number of hydrogen-bond acceptors (Lipinski definition) is 3. The summed E-state index contributed by atoms with van der Waals surface area (Å²) < 4.78 is 16.8. The van der Waals surface area contributed by atoms with E-state index < -0.39 is 16.8 Å². The Morgan fingerprint density at radius 3 is 2.23 bits per heavy atom. The topological polar surface area (TPSA) is 52.6 Å². The predicted octanol–water partition coefficient (Wildman–Crippen LogP) is 3.54. The van der Waals surface area contributed by atoms with E-state index in [4.69, 9.17) is 4.74 Å². The summed E-state index contributed by atoms with van der Waals surface area (Å²) in [5.74, 6) is 0.457.